The number of hydrogen-bond donors (Lipinski definition) is 1. The predicted molar refractivity (Wildman–Crippen MR) is 92.1 cm³/mol. The van der Waals surface area contributed by atoms with E-state index < -0.39 is 0 Å². The number of methoxy groups -OCH3 is 1. The maximum atomic E-state index is 12.2. The summed E-state index contributed by atoms with van der Waals surface area (Å²) in [6.07, 6.45) is 11.7. The SMILES string of the molecule is COC1=CCCC=C1CC(=O)Nc1ccc(-c2cnn(C)c2)cn1. The Morgan fingerprint density at radius 1 is 1.25 bits per heavy atom. The molecule has 0 saturated carbocycles. The van der Waals surface area contributed by atoms with Gasteiger partial charge >= 0.3 is 0 Å². The van der Waals surface area contributed by atoms with Crippen LogP contribution in [0, 0.1) is 0 Å². The first-order valence-electron chi connectivity index (χ1n) is 7.84. The number of aryl methyl sites for hydroxylation is 1. The summed E-state index contributed by atoms with van der Waals surface area (Å²) in [7, 11) is 3.50. The van der Waals surface area contributed by atoms with Crippen LogP contribution in [0.3, 0.4) is 0 Å². The molecule has 6 nitrogen and oxygen atoms in total. The summed E-state index contributed by atoms with van der Waals surface area (Å²) in [5.74, 6) is 1.22. The quantitative estimate of drug-likeness (QED) is 0.918. The molecule has 0 unspecified atom stereocenters. The van der Waals surface area contributed by atoms with Gasteiger partial charge in [-0.05, 0) is 36.6 Å². The molecular formula is C18H20N4O2. The molecule has 0 fully saturated rings. The molecule has 1 aliphatic carbocycles. The van der Waals surface area contributed by atoms with Crippen molar-refractivity contribution < 1.29 is 9.53 Å². The molecule has 1 aliphatic rings. The first kappa shape index (κ1) is 16.0. The molecule has 0 bridgehead atoms. The van der Waals surface area contributed by atoms with E-state index >= 15 is 0 Å². The van der Waals surface area contributed by atoms with E-state index in [-0.39, 0.29) is 12.3 Å². The summed E-state index contributed by atoms with van der Waals surface area (Å²) in [4.78, 5) is 16.5. The van der Waals surface area contributed by atoms with E-state index in [0.717, 1.165) is 35.3 Å². The van der Waals surface area contributed by atoms with Gasteiger partial charge in [0.15, 0.2) is 0 Å². The third-order valence-electron chi connectivity index (χ3n) is 3.84. The van der Waals surface area contributed by atoms with Crippen LogP contribution in [0.15, 0.2) is 54.2 Å². The second-order valence-electron chi connectivity index (χ2n) is 5.64. The number of aromatic nitrogens is 3. The third-order valence-corrected chi connectivity index (χ3v) is 3.84. The molecular weight excluding hydrogens is 304 g/mol. The van der Waals surface area contributed by atoms with Gasteiger partial charge in [0.05, 0.1) is 19.7 Å². The van der Waals surface area contributed by atoms with Gasteiger partial charge in [0.2, 0.25) is 5.91 Å². The zero-order valence-electron chi connectivity index (χ0n) is 13.8. The monoisotopic (exact) mass is 324 g/mol. The molecule has 0 aliphatic heterocycles. The zero-order chi connectivity index (χ0) is 16.9. The van der Waals surface area contributed by atoms with Gasteiger partial charge in [-0.25, -0.2) is 4.98 Å². The maximum absolute atomic E-state index is 12.2. The van der Waals surface area contributed by atoms with E-state index in [1.807, 2.05) is 25.4 Å². The minimum atomic E-state index is -0.104. The number of allylic oxidation sites excluding steroid dienone is 3. The standard InChI is InChI=1S/C18H20N4O2/c1-22-12-15(11-20-22)14-7-8-17(19-10-14)21-18(23)9-13-5-3-4-6-16(13)24-2/h5-8,10-12H,3-4,9H2,1-2H3,(H,19,21,23). The number of pyridine rings is 1. The lowest BCUT2D eigenvalue weighted by atomic mass is 10.0. The van der Waals surface area contributed by atoms with E-state index in [1.54, 1.807) is 30.3 Å². The first-order chi connectivity index (χ1) is 11.7. The molecule has 0 aromatic carbocycles. The first-order valence-corrected chi connectivity index (χ1v) is 7.84. The van der Waals surface area contributed by atoms with E-state index in [9.17, 15) is 4.79 Å². The van der Waals surface area contributed by atoms with E-state index in [0.29, 0.717) is 5.82 Å². The molecule has 2 aromatic rings. The van der Waals surface area contributed by atoms with Gasteiger partial charge in [-0.3, -0.25) is 9.48 Å². The van der Waals surface area contributed by atoms with Crippen molar-refractivity contribution in [3.8, 4) is 11.1 Å². The molecule has 0 radical (unpaired) electrons. The molecule has 24 heavy (non-hydrogen) atoms. The van der Waals surface area contributed by atoms with E-state index in [2.05, 4.69) is 21.5 Å². The van der Waals surface area contributed by atoms with Gasteiger partial charge < -0.3 is 10.1 Å². The Morgan fingerprint density at radius 2 is 2.08 bits per heavy atom. The van der Waals surface area contributed by atoms with Crippen LogP contribution in [0.2, 0.25) is 0 Å². The molecule has 2 heterocycles. The van der Waals surface area contributed by atoms with Crippen LogP contribution in [0.25, 0.3) is 11.1 Å². The topological polar surface area (TPSA) is 69.0 Å². The highest BCUT2D eigenvalue weighted by Crippen LogP contribution is 2.23. The fourth-order valence-corrected chi connectivity index (χ4v) is 2.65. The molecule has 1 N–H and O–H groups in total. The van der Waals surface area contributed by atoms with Gasteiger partial charge in [-0.15, -0.1) is 0 Å². The number of ether oxygens (including phenoxy) is 1. The van der Waals surface area contributed by atoms with Crippen LogP contribution in [-0.4, -0.2) is 27.8 Å². The fourth-order valence-electron chi connectivity index (χ4n) is 2.65. The third kappa shape index (κ3) is 3.71. The van der Waals surface area contributed by atoms with Gasteiger partial charge in [-0.1, -0.05) is 6.08 Å². The number of hydrogen-bond acceptors (Lipinski definition) is 4. The van der Waals surface area contributed by atoms with Crippen molar-refractivity contribution in [3.63, 3.8) is 0 Å². The van der Waals surface area contributed by atoms with Crippen molar-refractivity contribution in [1.82, 2.24) is 14.8 Å². The van der Waals surface area contributed by atoms with Gasteiger partial charge in [0.1, 0.15) is 11.6 Å². The van der Waals surface area contributed by atoms with Crippen LogP contribution in [0.4, 0.5) is 5.82 Å². The molecule has 0 atom stereocenters. The lowest BCUT2D eigenvalue weighted by Gasteiger charge is -2.14. The number of rotatable bonds is 5. The summed E-state index contributed by atoms with van der Waals surface area (Å²) >= 11 is 0. The van der Waals surface area contributed by atoms with Crippen molar-refractivity contribution >= 4 is 11.7 Å². The smallest absolute Gasteiger partial charge is 0.230 e. The lowest BCUT2D eigenvalue weighted by Crippen LogP contribution is -2.14. The van der Waals surface area contributed by atoms with Crippen LogP contribution in [-0.2, 0) is 16.6 Å². The molecule has 1 amide bonds. The summed E-state index contributed by atoms with van der Waals surface area (Å²) in [5.41, 5.74) is 2.87. The number of nitrogens with one attached hydrogen (secondary N) is 1. The van der Waals surface area contributed by atoms with Crippen molar-refractivity contribution in [2.75, 3.05) is 12.4 Å². The largest absolute Gasteiger partial charge is 0.497 e. The summed E-state index contributed by atoms with van der Waals surface area (Å²) in [6, 6.07) is 3.71. The summed E-state index contributed by atoms with van der Waals surface area (Å²) in [6.45, 7) is 0. The Hall–Kier alpha value is -2.89. The molecule has 0 spiro atoms. The highest BCUT2D eigenvalue weighted by atomic mass is 16.5. The van der Waals surface area contributed by atoms with Crippen LogP contribution in [0.1, 0.15) is 19.3 Å². The average molecular weight is 324 g/mol. The van der Waals surface area contributed by atoms with Crippen molar-refractivity contribution in [1.29, 1.82) is 0 Å². The summed E-state index contributed by atoms with van der Waals surface area (Å²) < 4.78 is 7.05. The van der Waals surface area contributed by atoms with Crippen molar-refractivity contribution in [3.05, 3.63) is 54.2 Å². The van der Waals surface area contributed by atoms with Crippen LogP contribution >= 0.6 is 0 Å². The second kappa shape index (κ2) is 7.12. The highest BCUT2D eigenvalue weighted by Gasteiger charge is 2.14. The van der Waals surface area contributed by atoms with Crippen LogP contribution in [0.5, 0.6) is 0 Å². The normalized spacial score (nSPS) is 13.9. The van der Waals surface area contributed by atoms with E-state index in [4.69, 9.17) is 4.74 Å². The zero-order valence-corrected chi connectivity index (χ0v) is 13.8. The highest BCUT2D eigenvalue weighted by molar-refractivity contribution is 5.92. The molecule has 3 rings (SSSR count). The summed E-state index contributed by atoms with van der Waals surface area (Å²) in [5, 5.41) is 6.96. The predicted octanol–water partition coefficient (Wildman–Crippen LogP) is 3.06. The number of anilines is 1. The molecule has 2 aromatic heterocycles. The number of amides is 1. The second-order valence-corrected chi connectivity index (χ2v) is 5.64. The lowest BCUT2D eigenvalue weighted by molar-refractivity contribution is -0.115. The molecule has 6 heteroatoms. The van der Waals surface area contributed by atoms with Crippen molar-refractivity contribution in [2.24, 2.45) is 7.05 Å². The van der Waals surface area contributed by atoms with Crippen LogP contribution < -0.4 is 5.32 Å². The molecule has 0 saturated heterocycles. The fraction of sp³-hybridized carbons (Fsp3) is 0.278. The minimum Gasteiger partial charge on any atom is -0.497 e. The Morgan fingerprint density at radius 3 is 2.75 bits per heavy atom. The average Bonchev–Trinajstić information content (AvgIpc) is 3.02. The number of carbonyl (C=O) groups excluding carboxylic acids is 1. The van der Waals surface area contributed by atoms with Gasteiger partial charge in [0.25, 0.3) is 0 Å². The van der Waals surface area contributed by atoms with Gasteiger partial charge in [0, 0.05) is 30.6 Å². The Bertz CT molecular complexity index is 788. The number of carbonyl (C=O) groups is 1. The Balaban J connectivity index is 1.62. The van der Waals surface area contributed by atoms with Crippen molar-refractivity contribution in [2.45, 2.75) is 19.3 Å². The Kier molecular flexibility index (Phi) is 4.74. The molecule has 124 valence electrons. The number of nitrogens with zero attached hydrogens (tertiary/aromatic N) is 3. The van der Waals surface area contributed by atoms with E-state index in [1.165, 1.54) is 0 Å². The van der Waals surface area contributed by atoms with Gasteiger partial charge in [-0.2, -0.15) is 5.10 Å². The minimum absolute atomic E-state index is 0.104. The maximum Gasteiger partial charge on any atom is 0.230 e. The Labute approximate surface area is 140 Å².